The summed E-state index contributed by atoms with van der Waals surface area (Å²) in [6, 6.07) is 0. The van der Waals surface area contributed by atoms with Crippen molar-refractivity contribution in [3.8, 4) is 0 Å². The Balaban J connectivity index is -0.00000000396. The Bertz CT molecular complexity index is 103. The van der Waals surface area contributed by atoms with Crippen molar-refractivity contribution < 1.29 is 85.8 Å². The van der Waals surface area contributed by atoms with Crippen molar-refractivity contribution in [2.45, 2.75) is 0 Å². The van der Waals surface area contributed by atoms with E-state index >= 15 is 0 Å². The molecule has 0 aromatic heterocycles. The summed E-state index contributed by atoms with van der Waals surface area (Å²) in [7, 11) is 0. The molecule has 0 bridgehead atoms. The van der Waals surface area contributed by atoms with E-state index in [1.54, 1.807) is 0 Å². The van der Waals surface area contributed by atoms with E-state index in [-0.39, 0.29) is 85.8 Å². The molecule has 9 heteroatoms. The van der Waals surface area contributed by atoms with Gasteiger partial charge in [-0.05, 0) is 0 Å². The molecule has 0 aliphatic carbocycles. The van der Waals surface area contributed by atoms with Gasteiger partial charge in [0.1, 0.15) is 0 Å². The van der Waals surface area contributed by atoms with Gasteiger partial charge in [0.05, 0.1) is 0 Å². The molecule has 0 N–H and O–H groups in total. The summed E-state index contributed by atoms with van der Waals surface area (Å²) in [5, 5.41) is 37.5. The standard InChI is InChI=1S/6CN.Cr.Fe.K/c6*1-2;;;/q6*-1;2*+3;+1. The van der Waals surface area contributed by atoms with Crippen LogP contribution in [0.15, 0.2) is 0 Å². The molecule has 68 valence electrons. The molecule has 0 amide bonds. The molecule has 0 aromatic rings. The molecule has 0 saturated heterocycles. The van der Waals surface area contributed by atoms with Crippen LogP contribution in [0.3, 0.4) is 0 Å². The first-order valence-electron chi connectivity index (χ1n) is 1.34. The van der Waals surface area contributed by atoms with E-state index in [1.165, 1.54) is 0 Å². The molecule has 0 unspecified atom stereocenters. The first-order chi connectivity index (χ1) is 6.00. The number of rotatable bonds is 0. The first-order valence-corrected chi connectivity index (χ1v) is 1.34. The topological polar surface area (TPSA) is 143 Å². The Labute approximate surface area is 154 Å². The summed E-state index contributed by atoms with van der Waals surface area (Å²) in [5.74, 6) is 0. The molecule has 15 heavy (non-hydrogen) atoms. The van der Waals surface area contributed by atoms with Crippen LogP contribution in [0, 0.1) is 71.0 Å². The number of hydrogen-bond donors (Lipinski definition) is 0. The number of hydrogen-bond acceptors (Lipinski definition) is 6. The molecular weight excluding hydrogens is 303 g/mol. The minimum absolute atomic E-state index is 0. The Morgan fingerprint density at radius 3 is 0.400 bits per heavy atom. The van der Waals surface area contributed by atoms with Crippen LogP contribution in [0.5, 0.6) is 0 Å². The third-order valence-electron chi connectivity index (χ3n) is 0. The van der Waals surface area contributed by atoms with Crippen molar-refractivity contribution in [3.05, 3.63) is 39.4 Å². The Hall–Kier alpha value is -0.372. The van der Waals surface area contributed by atoms with E-state index in [9.17, 15) is 0 Å². The van der Waals surface area contributed by atoms with Gasteiger partial charge in [-0.15, -0.1) is 0 Å². The zero-order valence-corrected chi connectivity index (χ0v) is 12.9. The molecule has 0 heterocycles. The van der Waals surface area contributed by atoms with Crippen LogP contribution in [0.1, 0.15) is 0 Å². The van der Waals surface area contributed by atoms with Gasteiger partial charge in [-0.25, -0.2) is 0 Å². The van der Waals surface area contributed by atoms with Gasteiger partial charge in [-0.1, -0.05) is 0 Å². The van der Waals surface area contributed by atoms with Gasteiger partial charge < -0.3 is 71.0 Å². The molecule has 0 aliphatic rings. The third kappa shape index (κ3) is 13300. The zero-order chi connectivity index (χ0) is 12.0. The summed E-state index contributed by atoms with van der Waals surface area (Å²) in [6.07, 6.45) is 0. The molecular formula is C6CrFeKN6+. The maximum atomic E-state index is 6.25. The van der Waals surface area contributed by atoms with Crippen LogP contribution in [-0.4, -0.2) is 0 Å². The Kier molecular flexibility index (Phi) is 90000. The van der Waals surface area contributed by atoms with Gasteiger partial charge in [0, 0.05) is 0 Å². The number of nitrogens with zero attached hydrogens (tertiary/aromatic N) is 6. The average molecular weight is 303 g/mol. The van der Waals surface area contributed by atoms with Crippen LogP contribution in [0.4, 0.5) is 0 Å². The van der Waals surface area contributed by atoms with E-state index in [2.05, 4.69) is 0 Å². The molecule has 0 spiro atoms. The van der Waals surface area contributed by atoms with Crippen LogP contribution in [0.2, 0.25) is 0 Å². The summed E-state index contributed by atoms with van der Waals surface area (Å²) >= 11 is 0. The van der Waals surface area contributed by atoms with Gasteiger partial charge in [-0.2, -0.15) is 0 Å². The van der Waals surface area contributed by atoms with Crippen LogP contribution in [0.25, 0.3) is 0 Å². The Morgan fingerprint density at radius 2 is 0.400 bits per heavy atom. The molecule has 0 saturated carbocycles. The minimum atomic E-state index is 0. The van der Waals surface area contributed by atoms with Crippen molar-refractivity contribution in [2.24, 2.45) is 0 Å². The van der Waals surface area contributed by atoms with Crippen molar-refractivity contribution in [3.63, 3.8) is 0 Å². The monoisotopic (exact) mass is 303 g/mol. The van der Waals surface area contributed by atoms with Crippen molar-refractivity contribution >= 4 is 0 Å². The Morgan fingerprint density at radius 1 is 0.400 bits per heavy atom. The molecule has 2 radical (unpaired) electrons. The molecule has 0 aliphatic heterocycles. The van der Waals surface area contributed by atoms with Crippen molar-refractivity contribution in [2.75, 3.05) is 0 Å². The summed E-state index contributed by atoms with van der Waals surface area (Å²) in [4.78, 5) is 0. The van der Waals surface area contributed by atoms with E-state index in [0.717, 1.165) is 0 Å². The fourth-order valence-electron chi connectivity index (χ4n) is 0. The largest absolute Gasteiger partial charge is 3.00 e. The smallest absolute Gasteiger partial charge is 0.512 e. The van der Waals surface area contributed by atoms with Gasteiger partial charge in [0.25, 0.3) is 0 Å². The normalized spacial score (nSPS) is 0.800. The average Bonchev–Trinajstić information content (AvgIpc) is 2.33. The van der Waals surface area contributed by atoms with E-state index < -0.39 is 0 Å². The molecule has 6 nitrogen and oxygen atoms in total. The van der Waals surface area contributed by atoms with Gasteiger partial charge >= 0.3 is 85.8 Å². The quantitative estimate of drug-likeness (QED) is 0.360. The van der Waals surface area contributed by atoms with Crippen LogP contribution in [-0.2, 0) is 34.4 Å². The maximum absolute atomic E-state index is 6.25. The van der Waals surface area contributed by atoms with E-state index in [1.807, 2.05) is 0 Å². The summed E-state index contributed by atoms with van der Waals surface area (Å²) in [5.41, 5.74) is 0. The minimum Gasteiger partial charge on any atom is -0.512 e. The molecule has 0 rings (SSSR count). The van der Waals surface area contributed by atoms with Gasteiger partial charge in [0.15, 0.2) is 0 Å². The summed E-state index contributed by atoms with van der Waals surface area (Å²) < 4.78 is 0. The first kappa shape index (κ1) is 85.8. The van der Waals surface area contributed by atoms with Crippen molar-refractivity contribution in [1.29, 1.82) is 31.6 Å². The van der Waals surface area contributed by atoms with E-state index in [0.29, 0.717) is 0 Å². The van der Waals surface area contributed by atoms with Gasteiger partial charge in [-0.3, -0.25) is 0 Å². The zero-order valence-electron chi connectivity index (χ0n) is 7.45. The molecule has 0 fully saturated rings. The van der Waals surface area contributed by atoms with Crippen molar-refractivity contribution in [1.82, 2.24) is 0 Å². The van der Waals surface area contributed by atoms with Gasteiger partial charge in [0.2, 0.25) is 0 Å². The SMILES string of the molecule is [C-]#N.[C-]#N.[C-]#N.[C-]#N.[C-]#N.[C-]#N.[Cr+3].[Fe+3].[K+]. The van der Waals surface area contributed by atoms with E-state index in [4.69, 9.17) is 71.0 Å². The summed E-state index contributed by atoms with van der Waals surface area (Å²) in [6.45, 7) is 28.5. The fraction of sp³-hybridized carbons (Fsp3) is 0. The second-order valence-electron chi connectivity index (χ2n) is 0. The third-order valence-corrected chi connectivity index (χ3v) is 0. The second-order valence-corrected chi connectivity index (χ2v) is 0. The maximum Gasteiger partial charge on any atom is 3.00 e. The fourth-order valence-corrected chi connectivity index (χ4v) is 0. The van der Waals surface area contributed by atoms with Crippen LogP contribution >= 0.6 is 0 Å². The second kappa shape index (κ2) is 15700. The van der Waals surface area contributed by atoms with Crippen LogP contribution < -0.4 is 51.4 Å². The predicted molar refractivity (Wildman–Crippen MR) is 29.8 cm³/mol. The molecule has 0 aromatic carbocycles. The predicted octanol–water partition coefficient (Wildman–Crippen LogP) is -2.42. The molecule has 0 atom stereocenters.